The van der Waals surface area contributed by atoms with Crippen LogP contribution in [0.1, 0.15) is 181 Å². The van der Waals surface area contributed by atoms with Gasteiger partial charge in [0.05, 0.1) is 21.3 Å². The van der Waals surface area contributed by atoms with Gasteiger partial charge >= 0.3 is 0 Å². The quantitative estimate of drug-likeness (QED) is 0.160. The molecule has 0 N–H and O–H groups in total. The van der Waals surface area contributed by atoms with E-state index in [0.717, 1.165) is 6.42 Å². The number of anilines is 5. The molecular formula is C67H76BN3S. The molecule has 2 unspecified atom stereocenters. The summed E-state index contributed by atoms with van der Waals surface area (Å²) in [4.78, 5) is 5.65. The van der Waals surface area contributed by atoms with Crippen LogP contribution in [0.25, 0.3) is 36.9 Å². The van der Waals surface area contributed by atoms with Crippen molar-refractivity contribution in [2.45, 2.75) is 187 Å². The van der Waals surface area contributed by atoms with E-state index >= 15 is 0 Å². The van der Waals surface area contributed by atoms with Crippen molar-refractivity contribution < 1.29 is 0 Å². The molecule has 6 aromatic carbocycles. The Morgan fingerprint density at radius 3 is 1.86 bits per heavy atom. The molecule has 0 amide bonds. The fourth-order valence-corrected chi connectivity index (χ4v) is 16.0. The van der Waals surface area contributed by atoms with E-state index in [-0.39, 0.29) is 44.7 Å². The Morgan fingerprint density at radius 2 is 1.15 bits per heavy atom. The lowest BCUT2D eigenvalue weighted by Crippen LogP contribution is -2.61. The predicted octanol–water partition coefficient (Wildman–Crippen LogP) is 16.9. The SMILES string of the molecule is Cc1cc2c(cc1N1c3cc(C(C)(C)C)ccc3B3c4c1cc(N1c5ccc(C(C)(C)C)cc5C5(C)CCCCC15C)cc4-n1c4c3cc(C(C)(C)C)cc4c3sc4ccccc4c31)C(C)(C)CCC2(C)C. The number of aromatic nitrogens is 1. The van der Waals surface area contributed by atoms with E-state index in [1.807, 2.05) is 11.3 Å². The number of thiophene rings is 1. The van der Waals surface area contributed by atoms with E-state index in [9.17, 15) is 0 Å². The third-order valence-corrected chi connectivity index (χ3v) is 20.7. The summed E-state index contributed by atoms with van der Waals surface area (Å²) in [5, 5.41) is 2.74. The summed E-state index contributed by atoms with van der Waals surface area (Å²) in [5.74, 6) is 0. The molecule has 2 aromatic heterocycles. The van der Waals surface area contributed by atoms with E-state index in [0.29, 0.717) is 0 Å². The fraction of sp³-hybridized carbons (Fsp3) is 0.433. The molecule has 0 bridgehead atoms. The van der Waals surface area contributed by atoms with Gasteiger partial charge in [-0.2, -0.15) is 0 Å². The molecule has 0 saturated heterocycles. The third-order valence-electron chi connectivity index (χ3n) is 19.6. The van der Waals surface area contributed by atoms with Gasteiger partial charge in [0.1, 0.15) is 0 Å². The molecule has 72 heavy (non-hydrogen) atoms. The first-order chi connectivity index (χ1) is 33.7. The first-order valence-corrected chi connectivity index (χ1v) is 28.3. The topological polar surface area (TPSA) is 11.4 Å². The highest BCUT2D eigenvalue weighted by Gasteiger charge is 2.58. The molecule has 3 nitrogen and oxygen atoms in total. The third kappa shape index (κ3) is 6.15. The average Bonchev–Trinajstić information content (AvgIpc) is 3.91. The molecule has 368 valence electrons. The van der Waals surface area contributed by atoms with Gasteiger partial charge in [-0.25, -0.2) is 0 Å². The van der Waals surface area contributed by atoms with Crippen LogP contribution in [0.3, 0.4) is 0 Å². The molecule has 5 heteroatoms. The number of hydrogen-bond acceptors (Lipinski definition) is 3. The Morgan fingerprint density at radius 1 is 0.514 bits per heavy atom. The summed E-state index contributed by atoms with van der Waals surface area (Å²) in [6.07, 6.45) is 7.22. The molecule has 3 aliphatic heterocycles. The molecule has 1 saturated carbocycles. The van der Waals surface area contributed by atoms with Crippen molar-refractivity contribution in [3.8, 4) is 5.69 Å². The molecule has 2 atom stereocenters. The highest BCUT2D eigenvalue weighted by molar-refractivity contribution is 7.26. The molecule has 13 rings (SSSR count). The molecule has 8 aromatic rings. The Kier molecular flexibility index (Phi) is 9.39. The Labute approximate surface area is 435 Å². The van der Waals surface area contributed by atoms with Crippen molar-refractivity contribution >= 4 is 94.1 Å². The summed E-state index contributed by atoms with van der Waals surface area (Å²) in [6, 6.07) is 40.2. The second-order valence-electron chi connectivity index (χ2n) is 28.1. The van der Waals surface area contributed by atoms with Crippen LogP contribution in [-0.2, 0) is 32.5 Å². The number of benzene rings is 6. The van der Waals surface area contributed by atoms with Crippen molar-refractivity contribution in [2.75, 3.05) is 9.80 Å². The fourth-order valence-electron chi connectivity index (χ4n) is 14.8. The second-order valence-corrected chi connectivity index (χ2v) is 29.1. The van der Waals surface area contributed by atoms with Crippen molar-refractivity contribution in [3.05, 3.63) is 136 Å². The van der Waals surface area contributed by atoms with Crippen LogP contribution >= 0.6 is 11.3 Å². The van der Waals surface area contributed by atoms with Gasteiger partial charge in [-0.3, -0.25) is 0 Å². The van der Waals surface area contributed by atoms with Crippen molar-refractivity contribution in [1.29, 1.82) is 0 Å². The van der Waals surface area contributed by atoms with Gasteiger partial charge in [0, 0.05) is 55.0 Å². The van der Waals surface area contributed by atoms with Crippen molar-refractivity contribution in [1.82, 2.24) is 4.57 Å². The van der Waals surface area contributed by atoms with E-state index in [1.165, 1.54) is 153 Å². The summed E-state index contributed by atoms with van der Waals surface area (Å²) in [7, 11) is 0. The number of hydrogen-bond donors (Lipinski definition) is 0. The minimum atomic E-state index is -0.122. The lowest BCUT2D eigenvalue weighted by Gasteiger charge is -2.51. The standard InChI is InChI=1S/C67H76BN3S/c1-39-31-46-47(65(13,14)30-29-64(46,11)12)38-52(39)69-53-35-41(62(5,6)7)23-25-49(53)68-50-34-42(63(8,9)10)32-45-58(50)70(59-44-21-17-18-22-56(44)72-60(45)59)55-37-43(36-54(69)57(55)68)71-51-26-24-40(61(2,3)4)33-48(51)66(15)27-19-20-28-67(66,71)16/h17-18,21-26,31-38H,19-20,27-30H2,1-16H3. The zero-order valence-electron chi connectivity index (χ0n) is 46.3. The van der Waals surface area contributed by atoms with Gasteiger partial charge < -0.3 is 14.4 Å². The van der Waals surface area contributed by atoms with Crippen LogP contribution < -0.4 is 26.2 Å². The second kappa shape index (κ2) is 14.5. The van der Waals surface area contributed by atoms with Gasteiger partial charge in [-0.1, -0.05) is 164 Å². The Bertz CT molecular complexity index is 3670. The van der Waals surface area contributed by atoms with Gasteiger partial charge in [0.15, 0.2) is 0 Å². The number of nitrogens with zero attached hydrogens (tertiary/aromatic N) is 3. The van der Waals surface area contributed by atoms with E-state index in [4.69, 9.17) is 0 Å². The summed E-state index contributed by atoms with van der Waals surface area (Å²) in [6.45, 7) is 39.1. The van der Waals surface area contributed by atoms with Crippen molar-refractivity contribution in [3.63, 3.8) is 0 Å². The van der Waals surface area contributed by atoms with Crippen LogP contribution in [0.15, 0.2) is 97.1 Å². The lowest BCUT2D eigenvalue weighted by atomic mass is 9.33. The monoisotopic (exact) mass is 966 g/mol. The van der Waals surface area contributed by atoms with Gasteiger partial charge in [-0.05, 0) is 164 Å². The maximum absolute atomic E-state index is 2.87. The zero-order valence-corrected chi connectivity index (χ0v) is 47.1. The van der Waals surface area contributed by atoms with Crippen LogP contribution in [0.4, 0.5) is 28.4 Å². The van der Waals surface area contributed by atoms with Crippen LogP contribution in [0.5, 0.6) is 0 Å². The molecule has 0 radical (unpaired) electrons. The van der Waals surface area contributed by atoms with E-state index < -0.39 is 0 Å². The van der Waals surface area contributed by atoms with Gasteiger partial charge in [0.2, 0.25) is 0 Å². The Balaban J connectivity index is 1.22. The normalized spacial score (nSPS) is 21.8. The van der Waals surface area contributed by atoms with Crippen LogP contribution in [0.2, 0.25) is 0 Å². The van der Waals surface area contributed by atoms with Gasteiger partial charge in [-0.15, -0.1) is 11.3 Å². The minimum Gasteiger partial charge on any atom is -0.334 e. The van der Waals surface area contributed by atoms with Gasteiger partial charge in [0.25, 0.3) is 6.71 Å². The molecule has 0 spiro atoms. The predicted molar refractivity (Wildman–Crippen MR) is 314 cm³/mol. The highest BCUT2D eigenvalue weighted by Crippen LogP contribution is 2.62. The molecular weight excluding hydrogens is 890 g/mol. The minimum absolute atomic E-state index is 0.00756. The van der Waals surface area contributed by atoms with Crippen LogP contribution in [-0.4, -0.2) is 16.8 Å². The van der Waals surface area contributed by atoms with E-state index in [2.05, 4.69) is 222 Å². The first-order valence-electron chi connectivity index (χ1n) is 27.5. The average molecular weight is 966 g/mol. The zero-order chi connectivity index (χ0) is 50.8. The first kappa shape index (κ1) is 46.5. The molecule has 5 aliphatic rings. The summed E-state index contributed by atoms with van der Waals surface area (Å²) < 4.78 is 5.53. The molecule has 5 heterocycles. The maximum atomic E-state index is 2.87. The number of rotatable bonds is 2. The Hall–Kier alpha value is -5.26. The summed E-state index contributed by atoms with van der Waals surface area (Å²) in [5.41, 5.74) is 25.1. The maximum Gasteiger partial charge on any atom is 0.252 e. The van der Waals surface area contributed by atoms with E-state index in [1.54, 1.807) is 0 Å². The number of fused-ring (bicyclic) bond motifs is 13. The largest absolute Gasteiger partial charge is 0.334 e. The molecule has 1 fully saturated rings. The lowest BCUT2D eigenvalue weighted by molar-refractivity contribution is 0.195. The van der Waals surface area contributed by atoms with Crippen LogP contribution in [0, 0.1) is 6.92 Å². The summed E-state index contributed by atoms with van der Waals surface area (Å²) >= 11 is 1.98. The molecule has 2 aliphatic carbocycles. The van der Waals surface area contributed by atoms with Crippen molar-refractivity contribution in [2.24, 2.45) is 0 Å². The number of aryl methyl sites for hydroxylation is 1. The highest BCUT2D eigenvalue weighted by atomic mass is 32.1. The smallest absolute Gasteiger partial charge is 0.252 e.